The quantitative estimate of drug-likeness (QED) is 0.688. The molecule has 0 saturated carbocycles. The molecule has 1 N–H and O–H groups in total. The van der Waals surface area contributed by atoms with Crippen molar-refractivity contribution in [2.24, 2.45) is 0 Å². The summed E-state index contributed by atoms with van der Waals surface area (Å²) in [5.74, 6) is 0.124. The molecule has 3 rings (SSSR count). The van der Waals surface area contributed by atoms with Crippen LogP contribution in [-0.4, -0.2) is 44.9 Å². The van der Waals surface area contributed by atoms with Gasteiger partial charge < -0.3 is 10.2 Å². The van der Waals surface area contributed by atoms with Crippen LogP contribution in [0.2, 0.25) is 0 Å². The number of aryl methyl sites for hydroxylation is 1. The lowest BCUT2D eigenvalue weighted by Gasteiger charge is -2.25. The van der Waals surface area contributed by atoms with E-state index >= 15 is 0 Å². The Morgan fingerprint density at radius 2 is 1.71 bits per heavy atom. The van der Waals surface area contributed by atoms with Crippen LogP contribution in [0.25, 0.3) is 16.6 Å². The monoisotopic (exact) mass is 420 g/mol. The van der Waals surface area contributed by atoms with E-state index in [1.807, 2.05) is 45.9 Å². The van der Waals surface area contributed by atoms with Crippen molar-refractivity contribution in [3.8, 4) is 5.69 Å². The Morgan fingerprint density at radius 1 is 1.06 bits per heavy atom. The lowest BCUT2D eigenvalue weighted by Crippen LogP contribution is -2.47. The number of nitrogens with zero attached hydrogens (tertiary/aromatic N) is 3. The van der Waals surface area contributed by atoms with Crippen LogP contribution in [0.5, 0.6) is 0 Å². The highest BCUT2D eigenvalue weighted by Gasteiger charge is 2.20. The molecule has 2 amide bonds. The van der Waals surface area contributed by atoms with Crippen molar-refractivity contribution in [2.75, 3.05) is 13.1 Å². The average Bonchev–Trinajstić information content (AvgIpc) is 2.71. The van der Waals surface area contributed by atoms with Gasteiger partial charge in [-0.05, 0) is 71.0 Å². The minimum absolute atomic E-state index is 0.0124. The molecule has 0 aliphatic heterocycles. The Bertz CT molecular complexity index is 1170. The summed E-state index contributed by atoms with van der Waals surface area (Å²) < 4.78 is 1.53. The van der Waals surface area contributed by atoms with Crippen LogP contribution in [0.15, 0.2) is 53.3 Å². The smallest absolute Gasteiger partial charge is 0.265 e. The highest BCUT2D eigenvalue weighted by molar-refractivity contribution is 5.96. The van der Waals surface area contributed by atoms with Crippen molar-refractivity contribution in [1.82, 2.24) is 19.8 Å². The van der Waals surface area contributed by atoms with Gasteiger partial charge in [0.1, 0.15) is 5.82 Å². The second-order valence-corrected chi connectivity index (χ2v) is 8.48. The van der Waals surface area contributed by atoms with Gasteiger partial charge in [0.25, 0.3) is 11.5 Å². The van der Waals surface area contributed by atoms with Gasteiger partial charge in [0.15, 0.2) is 0 Å². The van der Waals surface area contributed by atoms with Gasteiger partial charge in [0.2, 0.25) is 5.91 Å². The highest BCUT2D eigenvalue weighted by Crippen LogP contribution is 2.14. The molecule has 1 aromatic heterocycles. The molecule has 31 heavy (non-hydrogen) atoms. The number of carbonyl (C=O) groups is 2. The predicted octanol–water partition coefficient (Wildman–Crippen LogP) is 3.07. The SMILES string of the molecule is CCN(CC(=O)NC(C)(C)C)C(=O)c1ccc(-n2c(C)nc3ccccc3c2=O)cc1. The summed E-state index contributed by atoms with van der Waals surface area (Å²) >= 11 is 0. The van der Waals surface area contributed by atoms with Gasteiger partial charge >= 0.3 is 0 Å². The molecule has 0 unspecified atom stereocenters. The maximum Gasteiger partial charge on any atom is 0.265 e. The summed E-state index contributed by atoms with van der Waals surface area (Å²) in [6.07, 6.45) is 0. The van der Waals surface area contributed by atoms with E-state index in [9.17, 15) is 14.4 Å². The Morgan fingerprint density at radius 3 is 2.32 bits per heavy atom. The van der Waals surface area contributed by atoms with E-state index in [4.69, 9.17) is 0 Å². The first-order chi connectivity index (χ1) is 14.6. The Kier molecular flexibility index (Phi) is 6.24. The first kappa shape index (κ1) is 22.2. The molecule has 7 heteroatoms. The van der Waals surface area contributed by atoms with E-state index in [-0.39, 0.29) is 29.5 Å². The number of nitrogens with one attached hydrogen (secondary N) is 1. The van der Waals surface area contributed by atoms with Crippen LogP contribution in [-0.2, 0) is 4.79 Å². The number of amides is 2. The number of carbonyl (C=O) groups excluding carboxylic acids is 2. The molecule has 0 atom stereocenters. The molecular weight excluding hydrogens is 392 g/mol. The van der Waals surface area contributed by atoms with Gasteiger partial charge in [0.05, 0.1) is 23.1 Å². The first-order valence-corrected chi connectivity index (χ1v) is 10.3. The van der Waals surface area contributed by atoms with Gasteiger partial charge in [-0.3, -0.25) is 19.0 Å². The average molecular weight is 421 g/mol. The molecule has 0 bridgehead atoms. The molecule has 0 aliphatic carbocycles. The van der Waals surface area contributed by atoms with Crippen molar-refractivity contribution < 1.29 is 9.59 Å². The number of likely N-dealkylation sites (N-methyl/N-ethyl adjacent to an activating group) is 1. The van der Waals surface area contributed by atoms with E-state index in [0.717, 1.165) is 0 Å². The second kappa shape index (κ2) is 8.71. The van der Waals surface area contributed by atoms with Crippen LogP contribution in [0.3, 0.4) is 0 Å². The number of aromatic nitrogens is 2. The summed E-state index contributed by atoms with van der Waals surface area (Å²) in [4.78, 5) is 44.1. The molecule has 1 heterocycles. The van der Waals surface area contributed by atoms with Crippen LogP contribution < -0.4 is 10.9 Å². The topological polar surface area (TPSA) is 84.3 Å². The van der Waals surface area contributed by atoms with Crippen LogP contribution >= 0.6 is 0 Å². The van der Waals surface area contributed by atoms with Crippen molar-refractivity contribution in [3.05, 3.63) is 70.3 Å². The molecule has 0 radical (unpaired) electrons. The lowest BCUT2D eigenvalue weighted by atomic mass is 10.1. The number of hydrogen-bond donors (Lipinski definition) is 1. The fourth-order valence-electron chi connectivity index (χ4n) is 3.44. The molecule has 162 valence electrons. The van der Waals surface area contributed by atoms with E-state index in [1.54, 1.807) is 37.3 Å². The number of hydrogen-bond acceptors (Lipinski definition) is 4. The fraction of sp³-hybridized carbons (Fsp3) is 0.333. The van der Waals surface area contributed by atoms with Gasteiger partial charge in [-0.2, -0.15) is 0 Å². The first-order valence-electron chi connectivity index (χ1n) is 10.3. The molecule has 3 aromatic rings. The zero-order valence-corrected chi connectivity index (χ0v) is 18.6. The van der Waals surface area contributed by atoms with Crippen molar-refractivity contribution in [1.29, 1.82) is 0 Å². The Hall–Kier alpha value is -3.48. The molecular formula is C24H28N4O3. The normalized spacial score (nSPS) is 11.4. The fourth-order valence-corrected chi connectivity index (χ4v) is 3.44. The van der Waals surface area contributed by atoms with E-state index in [1.165, 1.54) is 9.47 Å². The van der Waals surface area contributed by atoms with Gasteiger partial charge in [0, 0.05) is 17.6 Å². The summed E-state index contributed by atoms with van der Waals surface area (Å²) in [6, 6.07) is 14.0. The third kappa shape index (κ3) is 4.99. The minimum Gasteiger partial charge on any atom is -0.350 e. The van der Waals surface area contributed by atoms with Crippen molar-refractivity contribution >= 4 is 22.7 Å². The Labute approximate surface area is 181 Å². The number of fused-ring (bicyclic) bond motifs is 1. The van der Waals surface area contributed by atoms with Gasteiger partial charge in [-0.25, -0.2) is 4.98 Å². The highest BCUT2D eigenvalue weighted by atomic mass is 16.2. The van der Waals surface area contributed by atoms with Crippen LogP contribution in [0.4, 0.5) is 0 Å². The van der Waals surface area contributed by atoms with E-state index in [2.05, 4.69) is 10.3 Å². The van der Waals surface area contributed by atoms with Gasteiger partial charge in [-0.1, -0.05) is 12.1 Å². The molecule has 0 saturated heterocycles. The number of rotatable bonds is 5. The summed E-state index contributed by atoms with van der Waals surface area (Å²) in [7, 11) is 0. The number of benzene rings is 2. The molecule has 0 fully saturated rings. The molecule has 2 aromatic carbocycles. The lowest BCUT2D eigenvalue weighted by molar-refractivity contribution is -0.123. The summed E-state index contributed by atoms with van der Waals surface area (Å²) in [5.41, 5.74) is 1.22. The number of para-hydroxylation sites is 1. The second-order valence-electron chi connectivity index (χ2n) is 8.48. The zero-order chi connectivity index (χ0) is 22.8. The minimum atomic E-state index is -0.361. The summed E-state index contributed by atoms with van der Waals surface area (Å²) in [6.45, 7) is 9.70. The van der Waals surface area contributed by atoms with Crippen molar-refractivity contribution in [3.63, 3.8) is 0 Å². The Balaban J connectivity index is 1.86. The van der Waals surface area contributed by atoms with Crippen LogP contribution in [0, 0.1) is 6.92 Å². The van der Waals surface area contributed by atoms with Gasteiger partial charge in [-0.15, -0.1) is 0 Å². The molecule has 7 nitrogen and oxygen atoms in total. The maximum absolute atomic E-state index is 13.0. The predicted molar refractivity (Wildman–Crippen MR) is 122 cm³/mol. The van der Waals surface area contributed by atoms with Crippen molar-refractivity contribution in [2.45, 2.75) is 40.2 Å². The maximum atomic E-state index is 13.0. The summed E-state index contributed by atoms with van der Waals surface area (Å²) in [5, 5.41) is 3.41. The third-order valence-corrected chi connectivity index (χ3v) is 4.83. The van der Waals surface area contributed by atoms with E-state index < -0.39 is 0 Å². The third-order valence-electron chi connectivity index (χ3n) is 4.83. The molecule has 0 spiro atoms. The molecule has 0 aliphatic rings. The van der Waals surface area contributed by atoms with Crippen LogP contribution in [0.1, 0.15) is 43.9 Å². The standard InChI is InChI=1S/C24H28N4O3/c1-6-27(15-21(29)26-24(3,4)5)22(30)17-11-13-18(14-12-17)28-16(2)25-20-10-8-7-9-19(20)23(28)31/h7-14H,6,15H2,1-5H3,(H,26,29). The van der Waals surface area contributed by atoms with E-state index in [0.29, 0.717) is 34.5 Å². The largest absolute Gasteiger partial charge is 0.350 e. The zero-order valence-electron chi connectivity index (χ0n) is 18.6.